The number of aromatic nitrogens is 2. The van der Waals surface area contributed by atoms with Crippen molar-refractivity contribution in [3.8, 4) is 0 Å². The molecule has 0 spiro atoms. The maximum atomic E-state index is 8.94. The molecular weight excluding hydrogens is 236 g/mol. The average molecular weight is 254 g/mol. The second kappa shape index (κ2) is 4.93. The summed E-state index contributed by atoms with van der Waals surface area (Å²) < 4.78 is 10.8. The number of aliphatic hydroxyl groups is 1. The Hall–Kier alpha value is -1.02. The average Bonchev–Trinajstić information content (AvgIpc) is 3.05. The molecule has 3 N–H and O–H groups in total. The Morgan fingerprint density at radius 2 is 2.44 bits per heavy atom. The first-order valence-electron chi connectivity index (χ1n) is 6.33. The van der Waals surface area contributed by atoms with E-state index in [0.717, 1.165) is 19.7 Å². The predicted molar refractivity (Wildman–Crippen MR) is 61.6 cm³/mol. The van der Waals surface area contributed by atoms with E-state index in [0.29, 0.717) is 11.9 Å². The summed E-state index contributed by atoms with van der Waals surface area (Å²) in [6, 6.07) is -0.0679. The maximum absolute atomic E-state index is 8.94. The van der Waals surface area contributed by atoms with Crippen molar-refractivity contribution < 1.29 is 14.4 Å². The van der Waals surface area contributed by atoms with E-state index in [9.17, 15) is 0 Å². The lowest BCUT2D eigenvalue weighted by Gasteiger charge is -2.33. The molecule has 100 valence electrons. The topological polar surface area (TPSA) is 97.6 Å². The standard InChI is InChI=1S/C11H18N4O3/c12-8(5-16)11-13-10(14-18-11)9-4-15-3-1-2-7(15)6-17-9/h7-9,16H,1-6,12H2. The van der Waals surface area contributed by atoms with Gasteiger partial charge in [0, 0.05) is 12.6 Å². The van der Waals surface area contributed by atoms with Gasteiger partial charge in [-0.1, -0.05) is 5.16 Å². The van der Waals surface area contributed by atoms with Crippen LogP contribution >= 0.6 is 0 Å². The molecule has 2 fully saturated rings. The summed E-state index contributed by atoms with van der Waals surface area (Å²) in [6.07, 6.45) is 2.29. The molecule has 1 aromatic heterocycles. The van der Waals surface area contributed by atoms with Crippen LogP contribution in [0, 0.1) is 0 Å². The summed E-state index contributed by atoms with van der Waals surface area (Å²) in [5.74, 6) is 0.791. The third kappa shape index (κ3) is 2.14. The molecule has 1 aromatic rings. The van der Waals surface area contributed by atoms with Crippen molar-refractivity contribution in [1.29, 1.82) is 0 Å². The zero-order chi connectivity index (χ0) is 12.5. The fourth-order valence-corrected chi connectivity index (χ4v) is 2.58. The molecule has 0 aliphatic carbocycles. The van der Waals surface area contributed by atoms with Gasteiger partial charge >= 0.3 is 0 Å². The van der Waals surface area contributed by atoms with Crippen LogP contribution in [0.5, 0.6) is 0 Å². The number of hydrogen-bond donors (Lipinski definition) is 2. The Labute approximate surface area is 105 Å². The summed E-state index contributed by atoms with van der Waals surface area (Å²) in [5, 5.41) is 12.8. The summed E-state index contributed by atoms with van der Waals surface area (Å²) in [5.41, 5.74) is 5.63. The highest BCUT2D eigenvalue weighted by Crippen LogP contribution is 2.29. The third-order valence-electron chi connectivity index (χ3n) is 3.65. The second-order valence-corrected chi connectivity index (χ2v) is 4.89. The molecular formula is C11H18N4O3. The Bertz CT molecular complexity index is 411. The molecule has 0 bridgehead atoms. The fourth-order valence-electron chi connectivity index (χ4n) is 2.58. The lowest BCUT2D eigenvalue weighted by molar-refractivity contribution is -0.0548. The van der Waals surface area contributed by atoms with Crippen LogP contribution in [0.3, 0.4) is 0 Å². The van der Waals surface area contributed by atoms with Crippen molar-refractivity contribution in [2.24, 2.45) is 5.73 Å². The Kier molecular flexibility index (Phi) is 3.29. The normalized spacial score (nSPS) is 30.3. The van der Waals surface area contributed by atoms with Gasteiger partial charge in [-0.25, -0.2) is 0 Å². The molecule has 3 rings (SSSR count). The van der Waals surface area contributed by atoms with Crippen LogP contribution in [-0.4, -0.2) is 52.5 Å². The van der Waals surface area contributed by atoms with Crippen molar-refractivity contribution in [1.82, 2.24) is 15.0 Å². The van der Waals surface area contributed by atoms with Crippen LogP contribution in [0.4, 0.5) is 0 Å². The third-order valence-corrected chi connectivity index (χ3v) is 3.65. The summed E-state index contributed by atoms with van der Waals surface area (Å²) in [7, 11) is 0. The SMILES string of the molecule is NC(CO)c1nc(C2CN3CCCC3CO2)no1. The highest BCUT2D eigenvalue weighted by molar-refractivity contribution is 4.99. The Balaban J connectivity index is 1.69. The van der Waals surface area contributed by atoms with E-state index in [2.05, 4.69) is 15.0 Å². The summed E-state index contributed by atoms with van der Waals surface area (Å²) in [6.45, 7) is 2.44. The number of fused-ring (bicyclic) bond motifs is 1. The number of morpholine rings is 1. The van der Waals surface area contributed by atoms with E-state index in [1.54, 1.807) is 0 Å². The molecule has 0 radical (unpaired) electrons. The van der Waals surface area contributed by atoms with Crippen molar-refractivity contribution in [2.45, 2.75) is 31.0 Å². The highest BCUT2D eigenvalue weighted by Gasteiger charge is 2.35. The van der Waals surface area contributed by atoms with E-state index >= 15 is 0 Å². The van der Waals surface area contributed by atoms with Gasteiger partial charge in [-0.05, 0) is 19.4 Å². The van der Waals surface area contributed by atoms with Gasteiger partial charge in [0.2, 0.25) is 11.7 Å². The van der Waals surface area contributed by atoms with Gasteiger partial charge in [-0.15, -0.1) is 0 Å². The molecule has 0 saturated carbocycles. The number of aliphatic hydroxyl groups excluding tert-OH is 1. The van der Waals surface area contributed by atoms with E-state index in [1.807, 2.05) is 0 Å². The van der Waals surface area contributed by atoms with E-state index in [1.165, 1.54) is 12.8 Å². The molecule has 0 amide bonds. The lowest BCUT2D eigenvalue weighted by atomic mass is 10.2. The van der Waals surface area contributed by atoms with Crippen LogP contribution in [0.15, 0.2) is 4.52 Å². The minimum Gasteiger partial charge on any atom is -0.394 e. The molecule has 2 saturated heterocycles. The number of rotatable bonds is 3. The molecule has 3 atom stereocenters. The minimum atomic E-state index is -0.616. The van der Waals surface area contributed by atoms with Crippen molar-refractivity contribution >= 4 is 0 Å². The smallest absolute Gasteiger partial charge is 0.246 e. The molecule has 7 heteroatoms. The van der Waals surface area contributed by atoms with Crippen molar-refractivity contribution in [3.63, 3.8) is 0 Å². The fraction of sp³-hybridized carbons (Fsp3) is 0.818. The second-order valence-electron chi connectivity index (χ2n) is 4.89. The van der Waals surface area contributed by atoms with Gasteiger partial charge in [0.15, 0.2) is 0 Å². The van der Waals surface area contributed by atoms with Gasteiger partial charge in [0.25, 0.3) is 0 Å². The highest BCUT2D eigenvalue weighted by atomic mass is 16.5. The first kappa shape index (κ1) is 12.0. The first-order chi connectivity index (χ1) is 8.78. The van der Waals surface area contributed by atoms with Gasteiger partial charge < -0.3 is 20.1 Å². The van der Waals surface area contributed by atoms with Crippen molar-refractivity contribution in [2.75, 3.05) is 26.3 Å². The summed E-state index contributed by atoms with van der Waals surface area (Å²) in [4.78, 5) is 6.62. The van der Waals surface area contributed by atoms with E-state index < -0.39 is 6.04 Å². The first-order valence-corrected chi connectivity index (χ1v) is 6.33. The van der Waals surface area contributed by atoms with Crippen LogP contribution in [-0.2, 0) is 4.74 Å². The number of nitrogens with zero attached hydrogens (tertiary/aromatic N) is 3. The minimum absolute atomic E-state index is 0.150. The Morgan fingerprint density at radius 1 is 1.56 bits per heavy atom. The lowest BCUT2D eigenvalue weighted by Crippen LogP contribution is -2.42. The molecule has 3 unspecified atom stereocenters. The Morgan fingerprint density at radius 3 is 3.28 bits per heavy atom. The van der Waals surface area contributed by atoms with Gasteiger partial charge in [0.05, 0.1) is 13.2 Å². The van der Waals surface area contributed by atoms with Crippen LogP contribution in [0.2, 0.25) is 0 Å². The van der Waals surface area contributed by atoms with Gasteiger partial charge in [0.1, 0.15) is 12.1 Å². The van der Waals surface area contributed by atoms with Crippen LogP contribution in [0.1, 0.15) is 36.7 Å². The molecule has 0 aromatic carbocycles. The van der Waals surface area contributed by atoms with Gasteiger partial charge in [-0.2, -0.15) is 4.98 Å². The monoisotopic (exact) mass is 254 g/mol. The summed E-state index contributed by atoms with van der Waals surface area (Å²) >= 11 is 0. The van der Waals surface area contributed by atoms with Crippen LogP contribution < -0.4 is 5.73 Å². The molecule has 2 aliphatic heterocycles. The maximum Gasteiger partial charge on any atom is 0.246 e. The van der Waals surface area contributed by atoms with E-state index in [4.69, 9.17) is 20.1 Å². The molecule has 18 heavy (non-hydrogen) atoms. The van der Waals surface area contributed by atoms with Gasteiger partial charge in [-0.3, -0.25) is 4.90 Å². The zero-order valence-corrected chi connectivity index (χ0v) is 10.2. The van der Waals surface area contributed by atoms with E-state index in [-0.39, 0.29) is 18.6 Å². The molecule has 3 heterocycles. The number of nitrogens with two attached hydrogens (primary N) is 1. The zero-order valence-electron chi connectivity index (χ0n) is 10.2. The van der Waals surface area contributed by atoms with Crippen molar-refractivity contribution in [3.05, 3.63) is 11.7 Å². The largest absolute Gasteiger partial charge is 0.394 e. The number of hydrogen-bond acceptors (Lipinski definition) is 7. The molecule has 7 nitrogen and oxygen atoms in total. The molecule has 2 aliphatic rings. The number of ether oxygens (including phenoxy) is 1. The quantitative estimate of drug-likeness (QED) is 0.757. The predicted octanol–water partition coefficient (Wildman–Crippen LogP) is -0.403. The van der Waals surface area contributed by atoms with Crippen LogP contribution in [0.25, 0.3) is 0 Å².